The average Bonchev–Trinajstić information content (AvgIpc) is 3.35. The summed E-state index contributed by atoms with van der Waals surface area (Å²) in [6, 6.07) is 36.0. The minimum Gasteiger partial charge on any atom is -0.533 e. The van der Waals surface area contributed by atoms with Gasteiger partial charge in [-0.3, -0.25) is 9.59 Å². The molecule has 8 atom stereocenters. The van der Waals surface area contributed by atoms with Crippen LogP contribution in [0.25, 0.3) is 0 Å². The van der Waals surface area contributed by atoms with E-state index in [9.17, 15) is 45.8 Å². The Bertz CT molecular complexity index is 2690. The Kier molecular flexibility index (Phi) is 16.7. The largest absolute Gasteiger partial charge is 0.533 e. The van der Waals surface area contributed by atoms with Crippen molar-refractivity contribution in [2.45, 2.75) is 133 Å². The Labute approximate surface area is 426 Å². The van der Waals surface area contributed by atoms with Gasteiger partial charge in [0, 0.05) is 24.0 Å². The number of carbonyl (C=O) groups excluding carboxylic acids is 3. The number of phenols is 1. The standard InChI is InChI=1S/C55H60F6N2O10Si/c1-33-46(69-31-35-20-12-8-13-21-35)41(62-50(66)54(56,57)58)29-42(71-33)40-28-39(43-30-53(6,63-51(67)55(59,60)61)48(34(2)72-43)70-32-36-22-14-9-15-23-36)45(64)44(49(65)68-7)47(40)73-74(52(3,4)5,37-24-16-10-17-25-37)38-26-18-11-19-27-38/h8-28,33-34,41-43,46,48,64H,29-32H2,1-7H3,(H,62,66)(H,63,67)/t33-,34+,41-,42-,43+,46-,48-,53+/m1/s1. The lowest BCUT2D eigenvalue weighted by atomic mass is 9.79. The third-order valence-corrected chi connectivity index (χ3v) is 18.5. The number of amides is 2. The minimum absolute atomic E-state index is 0.00876. The van der Waals surface area contributed by atoms with E-state index in [-0.39, 0.29) is 30.1 Å². The highest BCUT2D eigenvalue weighted by Crippen LogP contribution is 2.51. The van der Waals surface area contributed by atoms with E-state index in [4.69, 9.17) is 28.1 Å². The molecule has 2 heterocycles. The second kappa shape index (κ2) is 22.3. The number of halogens is 6. The van der Waals surface area contributed by atoms with Crippen LogP contribution in [0.5, 0.6) is 11.5 Å². The van der Waals surface area contributed by atoms with Crippen LogP contribution in [0.15, 0.2) is 127 Å². The summed E-state index contributed by atoms with van der Waals surface area (Å²) in [4.78, 5) is 40.3. The Morgan fingerprint density at radius 3 is 1.68 bits per heavy atom. The van der Waals surface area contributed by atoms with Gasteiger partial charge in [0.2, 0.25) is 0 Å². The summed E-state index contributed by atoms with van der Waals surface area (Å²) in [5.41, 5.74) is -1.27. The van der Waals surface area contributed by atoms with Crippen molar-refractivity contribution in [2.75, 3.05) is 7.11 Å². The van der Waals surface area contributed by atoms with E-state index in [2.05, 4.69) is 10.6 Å². The average molecular weight is 1050 g/mol. The molecule has 2 aliphatic rings. The Morgan fingerprint density at radius 1 is 0.703 bits per heavy atom. The maximum Gasteiger partial charge on any atom is 0.471 e. The maximum atomic E-state index is 14.6. The number of phenolic OH excluding ortho intramolecular Hbond substituents is 1. The molecular weight excluding hydrogens is 991 g/mol. The number of aromatic hydroxyl groups is 1. The number of esters is 1. The summed E-state index contributed by atoms with van der Waals surface area (Å²) in [6.07, 6.45) is -18.9. The molecule has 7 rings (SSSR count). The molecular formula is C55H60F6N2O10Si. The maximum absolute atomic E-state index is 14.6. The van der Waals surface area contributed by atoms with Crippen LogP contribution in [0.2, 0.25) is 5.04 Å². The van der Waals surface area contributed by atoms with E-state index in [1.165, 1.54) is 19.9 Å². The van der Waals surface area contributed by atoms with E-state index in [0.717, 1.165) is 7.11 Å². The Balaban J connectivity index is 1.45. The summed E-state index contributed by atoms with van der Waals surface area (Å²) < 4.78 is 124. The predicted octanol–water partition coefficient (Wildman–Crippen LogP) is 9.47. The first kappa shape index (κ1) is 55.5. The number of benzene rings is 5. The van der Waals surface area contributed by atoms with Crippen molar-refractivity contribution in [1.82, 2.24) is 10.6 Å². The number of hydrogen-bond acceptors (Lipinski definition) is 10. The summed E-state index contributed by atoms with van der Waals surface area (Å²) in [5, 5.41) is 17.6. The number of nitrogens with one attached hydrogen (secondary N) is 2. The molecule has 0 aliphatic carbocycles. The molecule has 2 aliphatic heterocycles. The molecule has 5 aromatic carbocycles. The second-order valence-corrected chi connectivity index (χ2v) is 24.1. The summed E-state index contributed by atoms with van der Waals surface area (Å²) in [7, 11) is -2.78. The Hall–Kier alpha value is -6.25. The topological polar surface area (TPSA) is 151 Å². The number of ether oxygens (including phenoxy) is 5. The van der Waals surface area contributed by atoms with Gasteiger partial charge < -0.3 is 43.9 Å². The van der Waals surface area contributed by atoms with Gasteiger partial charge in [-0.05, 0) is 53.4 Å². The van der Waals surface area contributed by atoms with Gasteiger partial charge in [0.05, 0.1) is 56.3 Å². The molecule has 2 fully saturated rings. The SMILES string of the molecule is COC(=O)c1c(O)c([C@@H]2C[C@](C)(NC(=O)C(F)(F)F)[C@H](OCc3ccccc3)[C@H](C)O2)cc([C@H]2C[C@@H](NC(=O)C(F)(F)F)[C@H](OCc3ccccc3)[C@@H](C)O2)c1O[Si](c1ccccc1)(c1ccccc1)C(C)(C)C. The number of methoxy groups -OCH3 is 1. The highest BCUT2D eigenvalue weighted by atomic mass is 28.4. The van der Waals surface area contributed by atoms with Crippen LogP contribution < -0.4 is 25.4 Å². The van der Waals surface area contributed by atoms with E-state index in [1.807, 2.05) is 81.4 Å². The fraction of sp³-hybridized carbons (Fsp3) is 0.400. The highest BCUT2D eigenvalue weighted by Gasteiger charge is 2.56. The molecule has 3 N–H and O–H groups in total. The van der Waals surface area contributed by atoms with Crippen molar-refractivity contribution in [2.24, 2.45) is 0 Å². The molecule has 5 aromatic rings. The molecule has 0 unspecified atom stereocenters. The van der Waals surface area contributed by atoms with E-state index in [1.54, 1.807) is 67.6 Å². The van der Waals surface area contributed by atoms with Crippen molar-refractivity contribution in [3.05, 3.63) is 155 Å². The fourth-order valence-electron chi connectivity index (χ4n) is 10.2. The van der Waals surface area contributed by atoms with Crippen LogP contribution >= 0.6 is 0 Å². The van der Waals surface area contributed by atoms with Gasteiger partial charge in [-0.2, -0.15) is 26.3 Å². The third-order valence-electron chi connectivity index (χ3n) is 13.6. The zero-order valence-electron chi connectivity index (χ0n) is 41.9. The molecule has 74 heavy (non-hydrogen) atoms. The van der Waals surface area contributed by atoms with Crippen molar-refractivity contribution >= 4 is 36.5 Å². The number of hydrogen-bond donors (Lipinski definition) is 3. The molecule has 0 bridgehead atoms. The Morgan fingerprint density at radius 2 is 1.19 bits per heavy atom. The predicted molar refractivity (Wildman–Crippen MR) is 264 cm³/mol. The monoisotopic (exact) mass is 1050 g/mol. The molecule has 12 nitrogen and oxygen atoms in total. The zero-order valence-corrected chi connectivity index (χ0v) is 42.9. The molecule has 2 amide bonds. The van der Waals surface area contributed by atoms with Gasteiger partial charge in [-0.1, -0.05) is 142 Å². The lowest BCUT2D eigenvalue weighted by molar-refractivity contribution is -0.196. The molecule has 0 spiro atoms. The van der Waals surface area contributed by atoms with Crippen molar-refractivity contribution in [1.29, 1.82) is 0 Å². The summed E-state index contributed by atoms with van der Waals surface area (Å²) in [5.74, 6) is -6.67. The number of carbonyl (C=O) groups is 3. The second-order valence-electron chi connectivity index (χ2n) is 19.9. The van der Waals surface area contributed by atoms with Gasteiger partial charge >= 0.3 is 38.5 Å². The minimum atomic E-state index is -5.33. The molecule has 0 saturated carbocycles. The van der Waals surface area contributed by atoms with Gasteiger partial charge in [0.25, 0.3) is 0 Å². The normalized spacial score (nSPS) is 23.6. The van der Waals surface area contributed by atoms with E-state index >= 15 is 0 Å². The van der Waals surface area contributed by atoms with Crippen LogP contribution in [0.4, 0.5) is 26.3 Å². The van der Waals surface area contributed by atoms with Crippen molar-refractivity contribution in [3.63, 3.8) is 0 Å². The quantitative estimate of drug-likeness (QED) is 0.0526. The fourth-order valence-corrected chi connectivity index (χ4v) is 14.7. The van der Waals surface area contributed by atoms with Crippen LogP contribution in [-0.4, -0.2) is 86.7 Å². The van der Waals surface area contributed by atoms with Crippen molar-refractivity contribution in [3.8, 4) is 11.5 Å². The lowest BCUT2D eigenvalue weighted by Gasteiger charge is -2.48. The third kappa shape index (κ3) is 12.0. The molecule has 0 aromatic heterocycles. The molecule has 396 valence electrons. The first-order chi connectivity index (χ1) is 34.9. The van der Waals surface area contributed by atoms with E-state index < -0.39 is 116 Å². The molecule has 19 heteroatoms. The molecule has 2 saturated heterocycles. The lowest BCUT2D eigenvalue weighted by Crippen LogP contribution is -2.69. The van der Waals surface area contributed by atoms with Crippen molar-refractivity contribution < 1.29 is 73.9 Å². The van der Waals surface area contributed by atoms with Crippen LogP contribution in [0.3, 0.4) is 0 Å². The summed E-state index contributed by atoms with van der Waals surface area (Å²) in [6.45, 7) is 10.1. The van der Waals surface area contributed by atoms with Crippen LogP contribution in [0, 0.1) is 0 Å². The zero-order chi connectivity index (χ0) is 53.8. The van der Waals surface area contributed by atoms with Gasteiger partial charge in [0.1, 0.15) is 29.3 Å². The molecule has 0 radical (unpaired) electrons. The van der Waals surface area contributed by atoms with Gasteiger partial charge in [-0.25, -0.2) is 4.79 Å². The highest BCUT2D eigenvalue weighted by molar-refractivity contribution is 7.00. The smallest absolute Gasteiger partial charge is 0.471 e. The first-order valence-corrected chi connectivity index (χ1v) is 26.0. The van der Waals surface area contributed by atoms with Crippen LogP contribution in [-0.2, 0) is 46.5 Å². The van der Waals surface area contributed by atoms with Crippen LogP contribution in [0.1, 0.15) is 99.2 Å². The summed E-state index contributed by atoms with van der Waals surface area (Å²) >= 11 is 0. The van der Waals surface area contributed by atoms with Gasteiger partial charge in [0.15, 0.2) is 0 Å². The first-order valence-electron chi connectivity index (χ1n) is 24.0. The van der Waals surface area contributed by atoms with Gasteiger partial charge in [-0.15, -0.1) is 0 Å². The number of alkyl halides is 6. The van der Waals surface area contributed by atoms with E-state index in [0.29, 0.717) is 21.5 Å². The number of rotatable bonds is 15.